The molecule has 6 heteroatoms. The average molecular weight is 361 g/mol. The fourth-order valence-electron chi connectivity index (χ4n) is 2.95. The number of ether oxygens (including phenoxy) is 1. The number of rotatable bonds is 6. The summed E-state index contributed by atoms with van der Waals surface area (Å²) in [5, 5.41) is 2.53. The number of carbonyl (C=O) groups is 2. The van der Waals surface area contributed by atoms with Gasteiger partial charge in [-0.1, -0.05) is 30.3 Å². The molecule has 0 aliphatic carbocycles. The van der Waals surface area contributed by atoms with E-state index in [0.717, 1.165) is 32.5 Å². The van der Waals surface area contributed by atoms with Crippen LogP contribution in [0.15, 0.2) is 30.3 Å². The Bertz CT molecular complexity index is 576. The lowest BCUT2D eigenvalue weighted by molar-refractivity contribution is -0.132. The van der Waals surface area contributed by atoms with Gasteiger partial charge in [0, 0.05) is 26.2 Å². The Morgan fingerprint density at radius 3 is 2.35 bits per heavy atom. The molecule has 0 spiro atoms. The second-order valence-electron chi connectivity index (χ2n) is 7.67. The van der Waals surface area contributed by atoms with Crippen LogP contribution in [0, 0.1) is 0 Å². The van der Waals surface area contributed by atoms with Gasteiger partial charge >= 0.3 is 6.09 Å². The summed E-state index contributed by atoms with van der Waals surface area (Å²) in [6, 6.07) is 10.5. The predicted molar refractivity (Wildman–Crippen MR) is 102 cm³/mol. The monoisotopic (exact) mass is 361 g/mol. The number of amides is 2. The number of nitrogens with one attached hydrogen (secondary N) is 1. The van der Waals surface area contributed by atoms with Crippen LogP contribution in [0.2, 0.25) is 0 Å². The van der Waals surface area contributed by atoms with Gasteiger partial charge in [-0.3, -0.25) is 9.69 Å². The van der Waals surface area contributed by atoms with E-state index in [0.29, 0.717) is 13.1 Å². The maximum absolute atomic E-state index is 12.2. The van der Waals surface area contributed by atoms with Gasteiger partial charge in [-0.05, 0) is 45.7 Å². The van der Waals surface area contributed by atoms with Crippen LogP contribution in [0.25, 0.3) is 0 Å². The minimum atomic E-state index is -0.557. The molecule has 1 aliphatic heterocycles. The summed E-state index contributed by atoms with van der Waals surface area (Å²) in [4.78, 5) is 28.0. The third-order valence-electron chi connectivity index (χ3n) is 4.29. The summed E-state index contributed by atoms with van der Waals surface area (Å²) in [5.74, 6) is -0.0557. The number of piperazine rings is 1. The molecular weight excluding hydrogens is 330 g/mol. The minimum absolute atomic E-state index is 0.0110. The summed E-state index contributed by atoms with van der Waals surface area (Å²) >= 11 is 0. The van der Waals surface area contributed by atoms with E-state index in [1.54, 1.807) is 20.8 Å². The van der Waals surface area contributed by atoms with E-state index in [1.165, 1.54) is 5.56 Å². The van der Waals surface area contributed by atoms with Crippen molar-refractivity contribution in [1.82, 2.24) is 15.1 Å². The van der Waals surface area contributed by atoms with Gasteiger partial charge in [0.05, 0.1) is 0 Å². The predicted octanol–water partition coefficient (Wildman–Crippen LogP) is 2.29. The summed E-state index contributed by atoms with van der Waals surface area (Å²) in [5.41, 5.74) is 0.813. The molecule has 1 aromatic rings. The smallest absolute Gasteiger partial charge is 0.408 e. The van der Waals surface area contributed by atoms with Crippen molar-refractivity contribution in [3.63, 3.8) is 0 Å². The number of aryl methyl sites for hydroxylation is 1. The zero-order chi connectivity index (χ0) is 19.0. The van der Waals surface area contributed by atoms with Crippen molar-refractivity contribution in [2.75, 3.05) is 39.3 Å². The Morgan fingerprint density at radius 1 is 1.08 bits per heavy atom. The number of hydrogen-bond donors (Lipinski definition) is 1. The molecule has 1 aliphatic rings. The standard InChI is InChI=1S/C20H31N3O3/c1-20(2,3)26-19(25)21-16-18(24)23-14-12-22(13-15-23)11-7-10-17-8-5-4-6-9-17/h4-6,8-9H,7,10-16H2,1-3H3,(H,21,25). The van der Waals surface area contributed by atoms with Crippen molar-refractivity contribution in [2.24, 2.45) is 0 Å². The molecule has 1 heterocycles. The lowest BCUT2D eigenvalue weighted by atomic mass is 10.1. The maximum Gasteiger partial charge on any atom is 0.408 e. The van der Waals surface area contributed by atoms with Crippen molar-refractivity contribution < 1.29 is 14.3 Å². The van der Waals surface area contributed by atoms with Crippen molar-refractivity contribution in [3.8, 4) is 0 Å². The molecule has 2 amide bonds. The Hall–Kier alpha value is -2.08. The first-order valence-corrected chi connectivity index (χ1v) is 9.34. The molecule has 1 fully saturated rings. The highest BCUT2D eigenvalue weighted by Crippen LogP contribution is 2.08. The number of hydrogen-bond acceptors (Lipinski definition) is 4. The van der Waals surface area contributed by atoms with Crippen molar-refractivity contribution in [3.05, 3.63) is 35.9 Å². The first kappa shape index (κ1) is 20.2. The number of alkyl carbamates (subject to hydrolysis) is 1. The van der Waals surface area contributed by atoms with Crippen molar-refractivity contribution in [1.29, 1.82) is 0 Å². The second kappa shape index (κ2) is 9.57. The fourth-order valence-corrected chi connectivity index (χ4v) is 2.95. The van der Waals surface area contributed by atoms with E-state index in [-0.39, 0.29) is 12.5 Å². The van der Waals surface area contributed by atoms with E-state index in [9.17, 15) is 9.59 Å². The molecule has 0 unspecified atom stereocenters. The molecule has 0 radical (unpaired) electrons. The maximum atomic E-state index is 12.2. The largest absolute Gasteiger partial charge is 0.444 e. The highest BCUT2D eigenvalue weighted by atomic mass is 16.6. The van der Waals surface area contributed by atoms with Crippen LogP contribution in [0.1, 0.15) is 32.8 Å². The summed E-state index contributed by atoms with van der Waals surface area (Å²) in [6.07, 6.45) is 1.66. The Labute approximate surface area is 156 Å². The zero-order valence-corrected chi connectivity index (χ0v) is 16.2. The molecule has 0 aromatic heterocycles. The molecule has 0 saturated carbocycles. The van der Waals surface area contributed by atoms with Gasteiger partial charge in [0.25, 0.3) is 0 Å². The van der Waals surface area contributed by atoms with Crippen molar-refractivity contribution >= 4 is 12.0 Å². The molecule has 144 valence electrons. The van der Waals surface area contributed by atoms with E-state index >= 15 is 0 Å². The summed E-state index contributed by atoms with van der Waals surface area (Å²) in [6.45, 7) is 9.61. The molecule has 0 atom stereocenters. The first-order valence-electron chi connectivity index (χ1n) is 9.34. The zero-order valence-electron chi connectivity index (χ0n) is 16.2. The number of benzene rings is 1. The SMILES string of the molecule is CC(C)(C)OC(=O)NCC(=O)N1CCN(CCCc2ccccc2)CC1. The lowest BCUT2D eigenvalue weighted by Crippen LogP contribution is -2.51. The van der Waals surface area contributed by atoms with E-state index < -0.39 is 11.7 Å². The van der Waals surface area contributed by atoms with E-state index in [2.05, 4.69) is 34.5 Å². The van der Waals surface area contributed by atoms with Crippen LogP contribution in [0.5, 0.6) is 0 Å². The average Bonchev–Trinajstić information content (AvgIpc) is 2.60. The number of nitrogens with zero attached hydrogens (tertiary/aromatic N) is 2. The highest BCUT2D eigenvalue weighted by Gasteiger charge is 2.22. The van der Waals surface area contributed by atoms with Gasteiger partial charge in [-0.2, -0.15) is 0 Å². The minimum Gasteiger partial charge on any atom is -0.444 e. The topological polar surface area (TPSA) is 61.9 Å². The number of carbonyl (C=O) groups excluding carboxylic acids is 2. The van der Waals surface area contributed by atoms with Crippen LogP contribution >= 0.6 is 0 Å². The van der Waals surface area contributed by atoms with Gasteiger partial charge < -0.3 is 15.0 Å². The molecule has 26 heavy (non-hydrogen) atoms. The second-order valence-corrected chi connectivity index (χ2v) is 7.67. The van der Waals surface area contributed by atoms with Gasteiger partial charge in [0.1, 0.15) is 12.1 Å². The van der Waals surface area contributed by atoms with Gasteiger partial charge in [-0.15, -0.1) is 0 Å². The van der Waals surface area contributed by atoms with Crippen LogP contribution in [0.3, 0.4) is 0 Å². The third kappa shape index (κ3) is 7.44. The summed E-state index contributed by atoms with van der Waals surface area (Å²) < 4.78 is 5.14. The fraction of sp³-hybridized carbons (Fsp3) is 0.600. The quantitative estimate of drug-likeness (QED) is 0.844. The van der Waals surface area contributed by atoms with Crippen molar-refractivity contribution in [2.45, 2.75) is 39.2 Å². The van der Waals surface area contributed by atoms with Crippen LogP contribution in [-0.4, -0.2) is 66.7 Å². The molecule has 0 bridgehead atoms. The Balaban J connectivity index is 1.61. The normalized spacial score (nSPS) is 15.6. The Morgan fingerprint density at radius 2 is 1.73 bits per heavy atom. The van der Waals surface area contributed by atoms with Gasteiger partial charge in [-0.25, -0.2) is 4.79 Å². The highest BCUT2D eigenvalue weighted by molar-refractivity contribution is 5.82. The molecule has 1 N–H and O–H groups in total. The third-order valence-corrected chi connectivity index (χ3v) is 4.29. The molecule has 1 aromatic carbocycles. The molecule has 1 saturated heterocycles. The summed E-state index contributed by atoms with van der Waals surface area (Å²) in [7, 11) is 0. The first-order chi connectivity index (χ1) is 12.3. The van der Waals surface area contributed by atoms with Gasteiger partial charge in [0.2, 0.25) is 5.91 Å². The van der Waals surface area contributed by atoms with Gasteiger partial charge in [0.15, 0.2) is 0 Å². The lowest BCUT2D eigenvalue weighted by Gasteiger charge is -2.34. The Kier molecular flexibility index (Phi) is 7.45. The molecule has 2 rings (SSSR count). The van der Waals surface area contributed by atoms with Crippen LogP contribution < -0.4 is 5.32 Å². The van der Waals surface area contributed by atoms with Crippen LogP contribution in [-0.2, 0) is 16.0 Å². The molecule has 6 nitrogen and oxygen atoms in total. The van der Waals surface area contributed by atoms with E-state index in [4.69, 9.17) is 4.74 Å². The van der Waals surface area contributed by atoms with E-state index in [1.807, 2.05) is 11.0 Å². The molecular formula is C20H31N3O3. The van der Waals surface area contributed by atoms with Crippen LogP contribution in [0.4, 0.5) is 4.79 Å².